The SMILES string of the molecule is CCCC1CCC(c2ccc(-c3ccc(OCc4cc(F)c(F)c(F)c4)cc3)c(F)c2F)CC1. The van der Waals surface area contributed by atoms with Gasteiger partial charge in [-0.25, -0.2) is 22.0 Å². The summed E-state index contributed by atoms with van der Waals surface area (Å²) in [6.07, 6.45) is 6.22. The maximum atomic E-state index is 15.0. The number of ether oxygens (including phenoxy) is 1. The zero-order chi connectivity index (χ0) is 24.2. The maximum absolute atomic E-state index is 15.0. The van der Waals surface area contributed by atoms with Crippen molar-refractivity contribution in [1.29, 1.82) is 0 Å². The predicted octanol–water partition coefficient (Wildman–Crippen LogP) is 8.70. The molecule has 0 radical (unpaired) electrons. The van der Waals surface area contributed by atoms with Gasteiger partial charge in [-0.05, 0) is 78.5 Å². The van der Waals surface area contributed by atoms with Gasteiger partial charge in [-0.1, -0.05) is 44.0 Å². The van der Waals surface area contributed by atoms with Gasteiger partial charge in [-0.3, -0.25) is 0 Å². The minimum absolute atomic E-state index is 0.0496. The van der Waals surface area contributed by atoms with E-state index in [9.17, 15) is 22.0 Å². The second-order valence-corrected chi connectivity index (χ2v) is 9.02. The lowest BCUT2D eigenvalue weighted by Crippen LogP contribution is -2.14. The van der Waals surface area contributed by atoms with Crippen LogP contribution in [0.3, 0.4) is 0 Å². The third-order valence-electron chi connectivity index (χ3n) is 6.71. The minimum atomic E-state index is -1.53. The van der Waals surface area contributed by atoms with Crippen molar-refractivity contribution < 1.29 is 26.7 Å². The first-order valence-electron chi connectivity index (χ1n) is 11.7. The standard InChI is InChI=1S/C28H27F5O/c1-2-3-17-4-6-19(7-5-17)22-12-13-23(27(32)26(22)31)20-8-10-21(11-9-20)34-16-18-14-24(29)28(33)25(30)15-18/h8-15,17,19H,2-7,16H2,1H3. The Balaban J connectivity index is 1.44. The largest absolute Gasteiger partial charge is 0.489 e. The smallest absolute Gasteiger partial charge is 0.194 e. The van der Waals surface area contributed by atoms with Gasteiger partial charge in [0.05, 0.1) is 0 Å². The van der Waals surface area contributed by atoms with E-state index in [-0.39, 0.29) is 23.7 Å². The molecule has 3 aromatic carbocycles. The summed E-state index contributed by atoms with van der Waals surface area (Å²) in [5.41, 5.74) is 1.23. The molecule has 1 aliphatic rings. The second kappa shape index (κ2) is 10.6. The molecule has 6 heteroatoms. The Morgan fingerprint density at radius 1 is 0.765 bits per heavy atom. The Labute approximate surface area is 196 Å². The van der Waals surface area contributed by atoms with Crippen LogP contribution < -0.4 is 4.74 Å². The lowest BCUT2D eigenvalue weighted by Gasteiger charge is -2.29. The molecule has 0 N–H and O–H groups in total. The van der Waals surface area contributed by atoms with Gasteiger partial charge >= 0.3 is 0 Å². The third kappa shape index (κ3) is 5.26. The highest BCUT2D eigenvalue weighted by atomic mass is 19.2. The summed E-state index contributed by atoms with van der Waals surface area (Å²) in [6.45, 7) is 2.00. The van der Waals surface area contributed by atoms with Crippen LogP contribution in [0.5, 0.6) is 5.75 Å². The van der Waals surface area contributed by atoms with E-state index >= 15 is 0 Å². The Morgan fingerprint density at radius 3 is 2.03 bits per heavy atom. The Morgan fingerprint density at radius 2 is 1.41 bits per heavy atom. The molecule has 1 fully saturated rings. The van der Waals surface area contributed by atoms with Gasteiger partial charge in [0.15, 0.2) is 29.1 Å². The highest BCUT2D eigenvalue weighted by Crippen LogP contribution is 2.40. The first-order chi connectivity index (χ1) is 16.4. The predicted molar refractivity (Wildman–Crippen MR) is 122 cm³/mol. The fourth-order valence-corrected chi connectivity index (χ4v) is 4.86. The monoisotopic (exact) mass is 474 g/mol. The van der Waals surface area contributed by atoms with Crippen molar-refractivity contribution in [3.05, 3.63) is 88.7 Å². The Hall–Kier alpha value is -2.89. The molecule has 0 spiro atoms. The van der Waals surface area contributed by atoms with Crippen molar-refractivity contribution >= 4 is 0 Å². The molecule has 4 rings (SSSR count). The van der Waals surface area contributed by atoms with Crippen LogP contribution in [-0.4, -0.2) is 0 Å². The van der Waals surface area contributed by atoms with Crippen LogP contribution >= 0.6 is 0 Å². The summed E-state index contributed by atoms with van der Waals surface area (Å²) in [6, 6.07) is 11.3. The molecule has 0 unspecified atom stereocenters. The van der Waals surface area contributed by atoms with Gasteiger partial charge in [0.1, 0.15) is 12.4 Å². The van der Waals surface area contributed by atoms with Crippen LogP contribution in [0.2, 0.25) is 0 Å². The number of hydrogen-bond donors (Lipinski definition) is 0. The van der Waals surface area contributed by atoms with Crippen molar-refractivity contribution in [2.45, 2.75) is 58.0 Å². The van der Waals surface area contributed by atoms with Crippen LogP contribution in [-0.2, 0) is 6.61 Å². The molecule has 0 aromatic heterocycles. The molecule has 3 aromatic rings. The van der Waals surface area contributed by atoms with Crippen molar-refractivity contribution in [1.82, 2.24) is 0 Å². The molecule has 1 aliphatic carbocycles. The zero-order valence-corrected chi connectivity index (χ0v) is 19.0. The number of rotatable bonds is 7. The van der Waals surface area contributed by atoms with Crippen LogP contribution in [0.25, 0.3) is 11.1 Å². The maximum Gasteiger partial charge on any atom is 0.194 e. The molecule has 1 saturated carbocycles. The molecule has 0 amide bonds. The zero-order valence-electron chi connectivity index (χ0n) is 19.0. The van der Waals surface area contributed by atoms with Gasteiger partial charge in [0.25, 0.3) is 0 Å². The highest BCUT2D eigenvalue weighted by Gasteiger charge is 2.26. The lowest BCUT2D eigenvalue weighted by molar-refractivity contribution is 0.303. The summed E-state index contributed by atoms with van der Waals surface area (Å²) in [7, 11) is 0. The fourth-order valence-electron chi connectivity index (χ4n) is 4.86. The summed E-state index contributed by atoms with van der Waals surface area (Å²) in [5, 5.41) is 0. The summed E-state index contributed by atoms with van der Waals surface area (Å²) in [5.74, 6) is -4.64. The molecule has 34 heavy (non-hydrogen) atoms. The van der Waals surface area contributed by atoms with Gasteiger partial charge < -0.3 is 4.74 Å². The molecular weight excluding hydrogens is 447 g/mol. The van der Waals surface area contributed by atoms with E-state index < -0.39 is 29.1 Å². The van der Waals surface area contributed by atoms with Crippen LogP contribution in [0.1, 0.15) is 62.5 Å². The van der Waals surface area contributed by atoms with Crippen molar-refractivity contribution in [2.24, 2.45) is 5.92 Å². The van der Waals surface area contributed by atoms with Gasteiger partial charge in [-0.15, -0.1) is 0 Å². The first kappa shape index (κ1) is 24.2. The summed E-state index contributed by atoms with van der Waals surface area (Å²) < 4.78 is 75.2. The number of benzene rings is 3. The average Bonchev–Trinajstić information content (AvgIpc) is 2.84. The summed E-state index contributed by atoms with van der Waals surface area (Å²) in [4.78, 5) is 0. The molecule has 180 valence electrons. The molecular formula is C28H27F5O. The van der Waals surface area contributed by atoms with Gasteiger partial charge in [-0.2, -0.15) is 0 Å². The van der Waals surface area contributed by atoms with Gasteiger partial charge in [0, 0.05) is 5.56 Å². The molecule has 0 bridgehead atoms. The van der Waals surface area contributed by atoms with E-state index in [4.69, 9.17) is 4.74 Å². The molecule has 0 heterocycles. The summed E-state index contributed by atoms with van der Waals surface area (Å²) >= 11 is 0. The van der Waals surface area contributed by atoms with Crippen molar-refractivity contribution in [3.63, 3.8) is 0 Å². The van der Waals surface area contributed by atoms with E-state index in [1.54, 1.807) is 36.4 Å². The molecule has 0 saturated heterocycles. The fraction of sp³-hybridized carbons (Fsp3) is 0.357. The van der Waals surface area contributed by atoms with E-state index in [2.05, 4.69) is 6.92 Å². The highest BCUT2D eigenvalue weighted by molar-refractivity contribution is 5.65. The van der Waals surface area contributed by atoms with E-state index in [0.29, 0.717) is 22.8 Å². The van der Waals surface area contributed by atoms with Crippen molar-refractivity contribution in [3.8, 4) is 16.9 Å². The van der Waals surface area contributed by atoms with E-state index in [1.807, 2.05) is 0 Å². The molecule has 0 atom stereocenters. The first-order valence-corrected chi connectivity index (χ1v) is 11.7. The topological polar surface area (TPSA) is 9.23 Å². The minimum Gasteiger partial charge on any atom is -0.489 e. The lowest BCUT2D eigenvalue weighted by atomic mass is 9.77. The Kier molecular flexibility index (Phi) is 7.54. The molecule has 0 aliphatic heterocycles. The number of halogens is 5. The van der Waals surface area contributed by atoms with E-state index in [1.165, 1.54) is 6.42 Å². The van der Waals surface area contributed by atoms with E-state index in [0.717, 1.165) is 44.2 Å². The van der Waals surface area contributed by atoms with Gasteiger partial charge in [0.2, 0.25) is 0 Å². The van der Waals surface area contributed by atoms with Crippen LogP contribution in [0.15, 0.2) is 48.5 Å². The van der Waals surface area contributed by atoms with Crippen molar-refractivity contribution in [2.75, 3.05) is 0 Å². The van der Waals surface area contributed by atoms with Crippen LogP contribution in [0.4, 0.5) is 22.0 Å². The third-order valence-corrected chi connectivity index (χ3v) is 6.71. The average molecular weight is 475 g/mol. The quantitative estimate of drug-likeness (QED) is 0.246. The number of hydrogen-bond acceptors (Lipinski definition) is 1. The Bertz CT molecular complexity index is 1110. The van der Waals surface area contributed by atoms with Crippen LogP contribution in [0, 0.1) is 35.0 Å². The second-order valence-electron chi connectivity index (χ2n) is 9.02. The normalized spacial score (nSPS) is 18.2. The molecule has 1 nitrogen and oxygen atoms in total.